The van der Waals surface area contributed by atoms with Crippen molar-refractivity contribution >= 4 is 31.0 Å². The van der Waals surface area contributed by atoms with E-state index in [0.29, 0.717) is 0 Å². The summed E-state index contributed by atoms with van der Waals surface area (Å²) in [6.45, 7) is 2.89. The van der Waals surface area contributed by atoms with Crippen LogP contribution in [0.5, 0.6) is 11.5 Å². The molecule has 1 atom stereocenters. The number of hydrogen-bond donors (Lipinski definition) is 1. The summed E-state index contributed by atoms with van der Waals surface area (Å²) in [7, 11) is -4.13. The van der Waals surface area contributed by atoms with Crippen LogP contribution in [0.2, 0.25) is 5.02 Å². The first-order chi connectivity index (χ1) is 13.2. The topological polar surface area (TPSA) is 117 Å². The highest BCUT2D eigenvalue weighted by atomic mass is 35.5. The molecule has 0 saturated heterocycles. The van der Waals surface area contributed by atoms with Gasteiger partial charge in [0.1, 0.15) is 12.3 Å². The molecule has 0 radical (unpaired) electrons. The number of nitrogens with zero attached hydrogens (tertiary/aromatic N) is 1. The van der Waals surface area contributed by atoms with Gasteiger partial charge in [0.25, 0.3) is 5.69 Å². The maximum absolute atomic E-state index is 13.2. The number of carbonyl (C=O) groups is 1. The third-order valence-electron chi connectivity index (χ3n) is 3.10. The van der Waals surface area contributed by atoms with Gasteiger partial charge in [-0.25, -0.2) is 4.57 Å². The van der Waals surface area contributed by atoms with Crippen molar-refractivity contribution < 1.29 is 28.1 Å². The first-order valence-electron chi connectivity index (χ1n) is 8.11. The molecule has 0 spiro atoms. The van der Waals surface area contributed by atoms with E-state index in [1.807, 2.05) is 0 Å². The van der Waals surface area contributed by atoms with Crippen molar-refractivity contribution in [3.63, 3.8) is 0 Å². The highest BCUT2D eigenvalue weighted by molar-refractivity contribution is 7.52. The Balaban J connectivity index is 2.23. The van der Waals surface area contributed by atoms with E-state index in [0.717, 1.165) is 12.1 Å². The number of para-hydroxylation sites is 1. The lowest BCUT2D eigenvalue weighted by atomic mass is 10.3. The van der Waals surface area contributed by atoms with E-state index in [1.54, 1.807) is 44.2 Å². The fraction of sp³-hybridized carbons (Fsp3) is 0.235. The number of ether oxygens (including phenoxy) is 1. The summed E-state index contributed by atoms with van der Waals surface area (Å²) >= 11 is 5.99. The quantitative estimate of drug-likeness (QED) is 0.271. The van der Waals surface area contributed by atoms with Crippen LogP contribution in [-0.4, -0.2) is 23.5 Å². The molecular weight excluding hydrogens is 411 g/mol. The first-order valence-corrected chi connectivity index (χ1v) is 10.0. The van der Waals surface area contributed by atoms with Crippen molar-refractivity contribution in [2.75, 3.05) is 6.54 Å². The van der Waals surface area contributed by atoms with Gasteiger partial charge in [-0.05, 0) is 32.0 Å². The molecule has 0 aromatic heterocycles. The van der Waals surface area contributed by atoms with Gasteiger partial charge in [-0.1, -0.05) is 29.8 Å². The summed E-state index contributed by atoms with van der Waals surface area (Å²) in [5, 5.41) is 13.1. The Morgan fingerprint density at radius 1 is 1.21 bits per heavy atom. The Bertz CT molecular complexity index is 892. The average molecular weight is 429 g/mol. The second-order valence-electron chi connectivity index (χ2n) is 5.74. The van der Waals surface area contributed by atoms with Gasteiger partial charge in [0.15, 0.2) is 5.75 Å². The Hall–Kier alpha value is -2.61. The van der Waals surface area contributed by atoms with Crippen molar-refractivity contribution in [2.24, 2.45) is 0 Å². The molecule has 0 saturated carbocycles. The Morgan fingerprint density at radius 3 is 2.46 bits per heavy atom. The van der Waals surface area contributed by atoms with Gasteiger partial charge in [-0.15, -0.1) is 0 Å². The lowest BCUT2D eigenvalue weighted by Crippen LogP contribution is -2.28. The second-order valence-corrected chi connectivity index (χ2v) is 7.82. The van der Waals surface area contributed by atoms with Gasteiger partial charge >= 0.3 is 13.7 Å². The molecule has 2 aromatic carbocycles. The van der Waals surface area contributed by atoms with Gasteiger partial charge < -0.3 is 13.8 Å². The van der Waals surface area contributed by atoms with Crippen LogP contribution in [0.3, 0.4) is 0 Å². The average Bonchev–Trinajstić information content (AvgIpc) is 2.62. The number of nitro benzene ring substituents is 1. The van der Waals surface area contributed by atoms with E-state index < -0.39 is 25.2 Å². The first kappa shape index (κ1) is 21.7. The monoisotopic (exact) mass is 428 g/mol. The van der Waals surface area contributed by atoms with Crippen LogP contribution in [-0.2, 0) is 14.1 Å². The zero-order valence-corrected chi connectivity index (χ0v) is 16.7. The summed E-state index contributed by atoms with van der Waals surface area (Å²) in [4.78, 5) is 22.0. The lowest BCUT2D eigenvalue weighted by molar-refractivity contribution is -0.384. The Morgan fingerprint density at radius 2 is 1.89 bits per heavy atom. The summed E-state index contributed by atoms with van der Waals surface area (Å²) in [5.41, 5.74) is -0.260. The highest BCUT2D eigenvalue weighted by Crippen LogP contribution is 2.46. The summed E-state index contributed by atoms with van der Waals surface area (Å²) < 4.78 is 28.9. The van der Waals surface area contributed by atoms with E-state index >= 15 is 0 Å². The van der Waals surface area contributed by atoms with Gasteiger partial charge in [0.2, 0.25) is 0 Å². The Kier molecular flexibility index (Phi) is 7.39. The van der Waals surface area contributed by atoms with Gasteiger partial charge in [-0.2, -0.15) is 5.09 Å². The molecule has 0 heterocycles. The van der Waals surface area contributed by atoms with Crippen molar-refractivity contribution in [2.45, 2.75) is 20.0 Å². The standard InChI is InChI=1S/C17H18ClN2O7P/c1-12(2)25-17(21)11-19-28(24,26-14-6-4-3-5-7-14)27-16-9-8-13(20(22)23)10-15(16)18/h3-10,12H,11H2,1-2H3,(H,19,24). The highest BCUT2D eigenvalue weighted by Gasteiger charge is 2.31. The van der Waals surface area contributed by atoms with E-state index in [2.05, 4.69) is 5.09 Å². The Labute approximate surface area is 166 Å². The van der Waals surface area contributed by atoms with Gasteiger partial charge in [0, 0.05) is 12.1 Å². The predicted octanol–water partition coefficient (Wildman–Crippen LogP) is 4.36. The summed E-state index contributed by atoms with van der Waals surface area (Å²) in [6.07, 6.45) is -0.353. The predicted molar refractivity (Wildman–Crippen MR) is 103 cm³/mol. The molecule has 0 aliphatic heterocycles. The third-order valence-corrected chi connectivity index (χ3v) is 4.83. The van der Waals surface area contributed by atoms with Crippen LogP contribution in [0.4, 0.5) is 5.69 Å². The van der Waals surface area contributed by atoms with Gasteiger partial charge in [-0.3, -0.25) is 14.9 Å². The van der Waals surface area contributed by atoms with Crippen LogP contribution in [0.1, 0.15) is 13.8 Å². The van der Waals surface area contributed by atoms with Gasteiger partial charge in [0.05, 0.1) is 16.0 Å². The maximum Gasteiger partial charge on any atom is 0.513 e. The molecule has 150 valence electrons. The zero-order valence-electron chi connectivity index (χ0n) is 15.0. The molecule has 0 fully saturated rings. The molecule has 2 aromatic rings. The number of nitrogens with one attached hydrogen (secondary N) is 1. The number of nitro groups is 1. The van der Waals surface area contributed by atoms with Crippen LogP contribution < -0.4 is 14.1 Å². The largest absolute Gasteiger partial charge is 0.513 e. The fourth-order valence-corrected chi connectivity index (χ4v) is 3.55. The number of benzene rings is 2. The lowest BCUT2D eigenvalue weighted by Gasteiger charge is -2.21. The molecule has 0 amide bonds. The van der Waals surface area contributed by atoms with Crippen LogP contribution in [0.15, 0.2) is 48.5 Å². The normalized spacial score (nSPS) is 12.9. The molecule has 2 rings (SSSR count). The number of esters is 1. The number of hydrogen-bond acceptors (Lipinski definition) is 7. The number of rotatable bonds is 9. The molecule has 1 N–H and O–H groups in total. The zero-order chi connectivity index (χ0) is 20.7. The maximum atomic E-state index is 13.2. The minimum atomic E-state index is -4.13. The fourth-order valence-electron chi connectivity index (χ4n) is 1.98. The van der Waals surface area contributed by atoms with E-state index in [9.17, 15) is 19.5 Å². The van der Waals surface area contributed by atoms with Crippen LogP contribution in [0.25, 0.3) is 0 Å². The molecule has 28 heavy (non-hydrogen) atoms. The molecular formula is C17H18ClN2O7P. The van der Waals surface area contributed by atoms with Crippen molar-refractivity contribution in [3.05, 3.63) is 63.7 Å². The van der Waals surface area contributed by atoms with Crippen molar-refractivity contribution in [1.29, 1.82) is 0 Å². The van der Waals surface area contributed by atoms with Crippen LogP contribution in [0, 0.1) is 10.1 Å². The summed E-state index contributed by atoms with van der Waals surface area (Å²) in [6, 6.07) is 11.5. The second kappa shape index (κ2) is 9.54. The summed E-state index contributed by atoms with van der Waals surface area (Å²) in [5.74, 6) is -0.560. The molecule has 9 nitrogen and oxygen atoms in total. The number of carbonyl (C=O) groups excluding carboxylic acids is 1. The number of halogens is 1. The van der Waals surface area contributed by atoms with E-state index in [1.165, 1.54) is 6.07 Å². The van der Waals surface area contributed by atoms with Crippen molar-refractivity contribution in [3.8, 4) is 11.5 Å². The molecule has 1 unspecified atom stereocenters. The third kappa shape index (κ3) is 6.53. The van der Waals surface area contributed by atoms with E-state index in [-0.39, 0.29) is 28.3 Å². The minimum absolute atomic E-state index is 0.115. The minimum Gasteiger partial charge on any atom is -0.462 e. The van der Waals surface area contributed by atoms with Crippen LogP contribution >= 0.6 is 19.3 Å². The van der Waals surface area contributed by atoms with Crippen molar-refractivity contribution in [1.82, 2.24) is 5.09 Å². The molecule has 0 bridgehead atoms. The smallest absolute Gasteiger partial charge is 0.462 e. The number of non-ortho nitro benzene ring substituents is 1. The molecule has 0 aliphatic rings. The molecule has 0 aliphatic carbocycles. The molecule has 11 heteroatoms. The SMILES string of the molecule is CC(C)OC(=O)CNP(=O)(Oc1ccccc1)Oc1ccc([N+](=O)[O-])cc1Cl. The van der Waals surface area contributed by atoms with E-state index in [4.69, 9.17) is 25.4 Å².